The number of aldehydes is 1. The van der Waals surface area contributed by atoms with Gasteiger partial charge < -0.3 is 14.6 Å². The van der Waals surface area contributed by atoms with E-state index in [1.807, 2.05) is 19.1 Å². The molecule has 2 fully saturated rings. The summed E-state index contributed by atoms with van der Waals surface area (Å²) in [6.45, 7) is 11.1. The van der Waals surface area contributed by atoms with Gasteiger partial charge in [0.2, 0.25) is 0 Å². The number of aliphatic hydroxyl groups is 1. The first-order chi connectivity index (χ1) is 16.9. The van der Waals surface area contributed by atoms with Gasteiger partial charge in [0.15, 0.2) is 0 Å². The number of likely N-dealkylation sites (tertiary alicyclic amines) is 1. The minimum atomic E-state index is -0.151. The first-order valence-electron chi connectivity index (χ1n) is 12.8. The highest BCUT2D eigenvalue weighted by Crippen LogP contribution is 2.48. The Morgan fingerprint density at radius 1 is 1.23 bits per heavy atom. The molecule has 1 N–H and O–H groups in total. The highest BCUT2D eigenvalue weighted by atomic mass is 19.1. The highest BCUT2D eigenvalue weighted by molar-refractivity contribution is 5.80. The van der Waals surface area contributed by atoms with Crippen LogP contribution in [0.4, 0.5) is 4.39 Å². The smallest absolute Gasteiger partial charge is 0.128 e. The number of ether oxygens (including phenoxy) is 1. The van der Waals surface area contributed by atoms with Gasteiger partial charge in [-0.3, -0.25) is 9.89 Å². The molecule has 0 spiro atoms. The summed E-state index contributed by atoms with van der Waals surface area (Å²) >= 11 is 0. The zero-order valence-corrected chi connectivity index (χ0v) is 22.0. The molecular formula is C29H43FN2O3. The fraction of sp³-hybridized carbons (Fsp3) is 0.586. The number of aliphatic imine (C=N–C) groups is 1. The summed E-state index contributed by atoms with van der Waals surface area (Å²) in [6, 6.07) is 5.38. The van der Waals surface area contributed by atoms with Crippen molar-refractivity contribution < 1.29 is 19.0 Å². The van der Waals surface area contributed by atoms with Crippen molar-refractivity contribution in [3.8, 4) is 0 Å². The fourth-order valence-corrected chi connectivity index (χ4v) is 4.96. The number of aliphatic hydroxyl groups excluding tert-OH is 1. The van der Waals surface area contributed by atoms with Crippen LogP contribution < -0.4 is 0 Å². The lowest BCUT2D eigenvalue weighted by Gasteiger charge is -2.35. The second-order valence-corrected chi connectivity index (χ2v) is 9.55. The van der Waals surface area contributed by atoms with E-state index in [9.17, 15) is 4.39 Å². The number of rotatable bonds is 7. The van der Waals surface area contributed by atoms with Crippen LogP contribution in [0.2, 0.25) is 0 Å². The number of carbonyl (C=O) groups is 1. The first-order valence-corrected chi connectivity index (χ1v) is 12.8. The molecule has 4 rings (SSSR count). The molecule has 0 bridgehead atoms. The van der Waals surface area contributed by atoms with Crippen molar-refractivity contribution in [2.24, 2.45) is 22.7 Å². The Hall–Kier alpha value is -2.15. The van der Waals surface area contributed by atoms with Crippen molar-refractivity contribution >= 4 is 12.5 Å². The summed E-state index contributed by atoms with van der Waals surface area (Å²) in [7, 11) is 1.00. The monoisotopic (exact) mass is 486 g/mol. The Morgan fingerprint density at radius 3 is 2.54 bits per heavy atom. The quantitative estimate of drug-likeness (QED) is 0.517. The third kappa shape index (κ3) is 9.10. The lowest BCUT2D eigenvalue weighted by atomic mass is 9.90. The van der Waals surface area contributed by atoms with Gasteiger partial charge in [0.25, 0.3) is 0 Å². The summed E-state index contributed by atoms with van der Waals surface area (Å²) in [5.74, 6) is 2.10. The van der Waals surface area contributed by atoms with Crippen molar-refractivity contribution in [1.82, 2.24) is 4.90 Å². The number of hydrogen-bond donors (Lipinski definition) is 1. The zero-order valence-electron chi connectivity index (χ0n) is 22.0. The molecule has 1 aromatic carbocycles. The van der Waals surface area contributed by atoms with E-state index in [2.05, 4.69) is 37.1 Å². The maximum atomic E-state index is 13.9. The standard InChI is InChI=1S/C26H35FN2O.C2H4O.CH4O/c1-4-20-11-19(3)13-26(28-15-20)29-9-7-21(8-10-29)24-14-23(24)17-30-16-22-6-5-18(2)12-25(22)27;1-2-3;1-2/h5-6,11-13,15,21,23-24,26H,4,7-10,14,16-17H2,1-3H3;2H,1H3;2H,1H3/t23-,24-,26?;;/m1../s1. The Labute approximate surface area is 210 Å². The molecule has 0 aromatic heterocycles. The Morgan fingerprint density at radius 2 is 1.91 bits per heavy atom. The van der Waals surface area contributed by atoms with Gasteiger partial charge in [0, 0.05) is 32.0 Å². The average molecular weight is 487 g/mol. The number of allylic oxidation sites excluding steroid dienone is 3. The van der Waals surface area contributed by atoms with Gasteiger partial charge in [-0.1, -0.05) is 30.7 Å². The number of nitrogens with zero attached hydrogens (tertiary/aromatic N) is 2. The Balaban J connectivity index is 0.000000803. The van der Waals surface area contributed by atoms with Crippen molar-refractivity contribution in [2.75, 3.05) is 26.8 Å². The van der Waals surface area contributed by atoms with Crippen LogP contribution in [0.1, 0.15) is 57.6 Å². The molecule has 2 aliphatic heterocycles. The Kier molecular flexibility index (Phi) is 12.5. The molecule has 3 aliphatic rings. The van der Waals surface area contributed by atoms with E-state index in [1.165, 1.54) is 37.3 Å². The number of carbonyl (C=O) groups excluding carboxylic acids is 1. The van der Waals surface area contributed by atoms with Gasteiger partial charge in [-0.05, 0) is 87.5 Å². The third-order valence-corrected chi connectivity index (χ3v) is 6.96. The lowest BCUT2D eigenvalue weighted by Crippen LogP contribution is -2.40. The van der Waals surface area contributed by atoms with E-state index >= 15 is 0 Å². The molecule has 1 aromatic rings. The summed E-state index contributed by atoms with van der Waals surface area (Å²) in [5.41, 5.74) is 4.25. The van der Waals surface area contributed by atoms with E-state index < -0.39 is 0 Å². The average Bonchev–Trinajstić information content (AvgIpc) is 3.66. The number of halogens is 1. The van der Waals surface area contributed by atoms with Crippen LogP contribution in [0, 0.1) is 30.5 Å². The molecule has 0 radical (unpaired) electrons. The topological polar surface area (TPSA) is 62.1 Å². The van der Waals surface area contributed by atoms with Gasteiger partial charge in [0.1, 0.15) is 18.3 Å². The minimum absolute atomic E-state index is 0.151. The normalized spacial score (nSPS) is 24.1. The largest absolute Gasteiger partial charge is 0.400 e. The molecule has 3 atom stereocenters. The molecule has 1 saturated carbocycles. The van der Waals surface area contributed by atoms with Crippen molar-refractivity contribution in [1.29, 1.82) is 0 Å². The second kappa shape index (κ2) is 15.1. The first kappa shape index (κ1) is 29.1. The molecule has 1 aliphatic carbocycles. The van der Waals surface area contributed by atoms with Gasteiger partial charge in [-0.15, -0.1) is 0 Å². The SMILES string of the molecule is CC=O.CCC1=CC(C)=CC(N2CCC([C@H]3C[C@@H]3COCc3ccc(C)cc3F)CC2)N=C1.CO. The zero-order chi connectivity index (χ0) is 25.8. The van der Waals surface area contributed by atoms with Crippen LogP contribution >= 0.6 is 0 Å². The summed E-state index contributed by atoms with van der Waals surface area (Å²) in [5, 5.41) is 7.00. The molecule has 1 saturated heterocycles. The summed E-state index contributed by atoms with van der Waals surface area (Å²) in [6.07, 6.45) is 12.4. The van der Waals surface area contributed by atoms with Crippen LogP contribution in [0.5, 0.6) is 0 Å². The summed E-state index contributed by atoms with van der Waals surface area (Å²) < 4.78 is 19.8. The van der Waals surface area contributed by atoms with Crippen molar-refractivity contribution in [3.05, 3.63) is 58.4 Å². The summed E-state index contributed by atoms with van der Waals surface area (Å²) in [4.78, 5) is 16.2. The molecule has 6 heteroatoms. The molecule has 0 amide bonds. The molecule has 5 nitrogen and oxygen atoms in total. The molecule has 1 unspecified atom stereocenters. The van der Waals surface area contributed by atoms with E-state index in [1.54, 1.807) is 6.07 Å². The highest BCUT2D eigenvalue weighted by Gasteiger charge is 2.43. The van der Waals surface area contributed by atoms with Crippen LogP contribution in [-0.2, 0) is 16.1 Å². The van der Waals surface area contributed by atoms with Crippen LogP contribution in [-0.4, -0.2) is 55.5 Å². The molecule has 194 valence electrons. The molecule has 2 heterocycles. The van der Waals surface area contributed by atoms with E-state index in [-0.39, 0.29) is 12.0 Å². The predicted molar refractivity (Wildman–Crippen MR) is 141 cm³/mol. The van der Waals surface area contributed by atoms with Crippen LogP contribution in [0.25, 0.3) is 0 Å². The van der Waals surface area contributed by atoms with E-state index in [0.29, 0.717) is 18.1 Å². The van der Waals surface area contributed by atoms with E-state index in [0.717, 1.165) is 56.9 Å². The van der Waals surface area contributed by atoms with Crippen molar-refractivity contribution in [2.45, 2.75) is 66.2 Å². The van der Waals surface area contributed by atoms with Gasteiger partial charge >= 0.3 is 0 Å². The minimum Gasteiger partial charge on any atom is -0.400 e. The van der Waals surface area contributed by atoms with Gasteiger partial charge in [0.05, 0.1) is 13.2 Å². The predicted octanol–water partition coefficient (Wildman–Crippen LogP) is 5.51. The maximum absolute atomic E-state index is 13.9. The van der Waals surface area contributed by atoms with Crippen LogP contribution in [0.15, 0.2) is 46.5 Å². The van der Waals surface area contributed by atoms with Gasteiger partial charge in [-0.25, -0.2) is 4.39 Å². The Bertz CT molecular complexity index is 888. The lowest BCUT2D eigenvalue weighted by molar-refractivity contribution is -0.106. The third-order valence-electron chi connectivity index (χ3n) is 6.96. The molecular weight excluding hydrogens is 443 g/mol. The number of aryl methyl sites for hydroxylation is 1. The maximum Gasteiger partial charge on any atom is 0.128 e. The number of benzene rings is 1. The van der Waals surface area contributed by atoms with Gasteiger partial charge in [-0.2, -0.15) is 0 Å². The second-order valence-electron chi connectivity index (χ2n) is 9.55. The van der Waals surface area contributed by atoms with E-state index in [4.69, 9.17) is 19.6 Å². The van der Waals surface area contributed by atoms with Crippen molar-refractivity contribution in [3.63, 3.8) is 0 Å². The molecule has 35 heavy (non-hydrogen) atoms. The number of hydrogen-bond acceptors (Lipinski definition) is 5. The number of piperidine rings is 1. The fourth-order valence-electron chi connectivity index (χ4n) is 4.96. The van der Waals surface area contributed by atoms with Crippen LogP contribution in [0.3, 0.4) is 0 Å².